The first-order valence-electron chi connectivity index (χ1n) is 8.11. The molecule has 134 valence electrons. The normalized spacial score (nSPS) is 10.6. The van der Waals surface area contributed by atoms with Crippen LogP contribution in [0.3, 0.4) is 0 Å². The van der Waals surface area contributed by atoms with Gasteiger partial charge in [0.1, 0.15) is 11.5 Å². The van der Waals surface area contributed by atoms with Crippen molar-refractivity contribution in [3.8, 4) is 11.3 Å². The van der Waals surface area contributed by atoms with E-state index in [1.165, 1.54) is 11.3 Å². The first kappa shape index (κ1) is 17.9. The van der Waals surface area contributed by atoms with Gasteiger partial charge in [0.15, 0.2) is 5.76 Å². The van der Waals surface area contributed by atoms with E-state index in [0.717, 1.165) is 16.0 Å². The molecule has 1 aromatic carbocycles. The van der Waals surface area contributed by atoms with Gasteiger partial charge in [-0.15, -0.1) is 11.3 Å². The minimum absolute atomic E-state index is 0.112. The largest absolute Gasteiger partial charge is 0.363 e. The first-order chi connectivity index (χ1) is 12.4. The zero-order valence-electron chi connectivity index (χ0n) is 14.9. The van der Waals surface area contributed by atoms with Gasteiger partial charge in [-0.2, -0.15) is 0 Å². The zero-order chi connectivity index (χ0) is 18.7. The molecule has 1 amide bonds. The molecule has 2 N–H and O–H groups in total. The fraction of sp³-hybridized carbons (Fsp3) is 0.211. The van der Waals surface area contributed by atoms with Gasteiger partial charge < -0.3 is 14.7 Å². The Bertz CT molecular complexity index is 925. The summed E-state index contributed by atoms with van der Waals surface area (Å²) < 4.78 is 5.38. The number of aryl methyl sites for hydroxylation is 1. The maximum absolute atomic E-state index is 12.1. The molecule has 0 aliphatic heterocycles. The van der Waals surface area contributed by atoms with Crippen LogP contribution < -0.4 is 5.32 Å². The van der Waals surface area contributed by atoms with E-state index in [-0.39, 0.29) is 5.91 Å². The average molecular weight is 368 g/mol. The summed E-state index contributed by atoms with van der Waals surface area (Å²) in [5.41, 5.74) is 2.36. The lowest BCUT2D eigenvalue weighted by Crippen LogP contribution is -2.21. The molecule has 0 spiro atoms. The molecule has 2 heterocycles. The molecule has 7 heteroatoms. The number of nitrogens with zero attached hydrogens (tertiary/aromatic N) is 2. The summed E-state index contributed by atoms with van der Waals surface area (Å²) in [6, 6.07) is 13.1. The van der Waals surface area contributed by atoms with E-state index in [0.29, 0.717) is 28.7 Å². The van der Waals surface area contributed by atoms with E-state index in [1.54, 1.807) is 4.90 Å². The molecule has 0 saturated carbocycles. The Hall–Kier alpha value is -2.93. The molecule has 0 atom stereocenters. The highest BCUT2D eigenvalue weighted by Gasteiger charge is 2.11. The third-order valence-electron chi connectivity index (χ3n) is 3.84. The van der Waals surface area contributed by atoms with Crippen molar-refractivity contribution in [3.63, 3.8) is 0 Å². The van der Waals surface area contributed by atoms with Crippen LogP contribution >= 0.6 is 11.3 Å². The van der Waals surface area contributed by atoms with Gasteiger partial charge in [-0.25, -0.2) is 0 Å². The first-order valence-corrected chi connectivity index (χ1v) is 8.92. The maximum Gasteiger partial charge on any atom is 0.261 e. The Kier molecular flexibility index (Phi) is 5.18. The number of carbonyl (C=O) groups is 1. The number of amides is 1. The van der Waals surface area contributed by atoms with Crippen LogP contribution in [0.1, 0.15) is 25.8 Å². The molecular formula is C19H20N4O2S. The summed E-state index contributed by atoms with van der Waals surface area (Å²) in [6.07, 6.45) is 0. The van der Waals surface area contributed by atoms with E-state index in [2.05, 4.69) is 10.5 Å². The number of rotatable bonds is 5. The Morgan fingerprint density at radius 3 is 2.58 bits per heavy atom. The molecule has 3 aromatic rings. The lowest BCUT2D eigenvalue weighted by atomic mass is 10.1. The Morgan fingerprint density at radius 1 is 1.23 bits per heavy atom. The second kappa shape index (κ2) is 7.53. The van der Waals surface area contributed by atoms with Crippen molar-refractivity contribution in [1.82, 2.24) is 15.4 Å². The minimum Gasteiger partial charge on any atom is -0.363 e. The third kappa shape index (κ3) is 4.00. The van der Waals surface area contributed by atoms with Gasteiger partial charge in [-0.3, -0.25) is 10.2 Å². The molecule has 0 fully saturated rings. The monoisotopic (exact) mass is 368 g/mol. The SMILES string of the molecule is Cc1ccc(C(=O)NCc2cc(-c3ccc(C(=N)N(C)C)cc3)on2)s1. The average Bonchev–Trinajstić information content (AvgIpc) is 3.28. The predicted molar refractivity (Wildman–Crippen MR) is 103 cm³/mol. The van der Waals surface area contributed by atoms with Crippen LogP contribution in [0.25, 0.3) is 11.3 Å². The van der Waals surface area contributed by atoms with E-state index in [9.17, 15) is 4.79 Å². The highest BCUT2D eigenvalue weighted by atomic mass is 32.1. The molecule has 26 heavy (non-hydrogen) atoms. The molecule has 0 aliphatic rings. The second-order valence-electron chi connectivity index (χ2n) is 6.10. The number of amidine groups is 1. The van der Waals surface area contributed by atoms with E-state index < -0.39 is 0 Å². The van der Waals surface area contributed by atoms with Crippen LogP contribution in [0.5, 0.6) is 0 Å². The van der Waals surface area contributed by atoms with Gasteiger partial charge in [-0.1, -0.05) is 29.4 Å². The predicted octanol–water partition coefficient (Wildman–Crippen LogP) is 3.53. The number of thiophene rings is 1. The topological polar surface area (TPSA) is 82.2 Å². The summed E-state index contributed by atoms with van der Waals surface area (Å²) in [4.78, 5) is 15.6. The van der Waals surface area contributed by atoms with Crippen molar-refractivity contribution in [2.24, 2.45) is 0 Å². The van der Waals surface area contributed by atoms with Crippen molar-refractivity contribution < 1.29 is 9.32 Å². The van der Waals surface area contributed by atoms with Crippen molar-refractivity contribution in [2.45, 2.75) is 13.5 Å². The van der Waals surface area contributed by atoms with Crippen LogP contribution in [0.15, 0.2) is 47.0 Å². The smallest absolute Gasteiger partial charge is 0.261 e. The molecule has 0 unspecified atom stereocenters. The number of hydrogen-bond donors (Lipinski definition) is 2. The fourth-order valence-corrected chi connectivity index (χ4v) is 3.18. The van der Waals surface area contributed by atoms with Crippen LogP contribution in [-0.2, 0) is 6.54 Å². The van der Waals surface area contributed by atoms with Crippen LogP contribution in [-0.4, -0.2) is 35.9 Å². The van der Waals surface area contributed by atoms with E-state index in [4.69, 9.17) is 9.93 Å². The lowest BCUT2D eigenvalue weighted by molar-refractivity contribution is 0.0954. The minimum atomic E-state index is -0.112. The summed E-state index contributed by atoms with van der Waals surface area (Å²) in [5.74, 6) is 0.963. The fourth-order valence-electron chi connectivity index (χ4n) is 2.40. The summed E-state index contributed by atoms with van der Waals surface area (Å²) in [7, 11) is 3.68. The van der Waals surface area contributed by atoms with Crippen molar-refractivity contribution in [2.75, 3.05) is 14.1 Å². The van der Waals surface area contributed by atoms with Crippen LogP contribution in [0, 0.1) is 12.3 Å². The molecular weight excluding hydrogens is 348 g/mol. The summed E-state index contributed by atoms with van der Waals surface area (Å²) >= 11 is 1.46. The number of aromatic nitrogens is 1. The Balaban J connectivity index is 1.64. The van der Waals surface area contributed by atoms with Gasteiger partial charge in [0.25, 0.3) is 5.91 Å². The van der Waals surface area contributed by atoms with Crippen LogP contribution in [0.4, 0.5) is 0 Å². The van der Waals surface area contributed by atoms with E-state index in [1.807, 2.05) is 63.5 Å². The molecule has 0 bridgehead atoms. The maximum atomic E-state index is 12.1. The van der Waals surface area contributed by atoms with Crippen LogP contribution in [0.2, 0.25) is 0 Å². The molecule has 2 aromatic heterocycles. The Morgan fingerprint density at radius 2 is 1.96 bits per heavy atom. The highest BCUT2D eigenvalue weighted by molar-refractivity contribution is 7.13. The van der Waals surface area contributed by atoms with E-state index >= 15 is 0 Å². The highest BCUT2D eigenvalue weighted by Crippen LogP contribution is 2.21. The number of nitrogens with one attached hydrogen (secondary N) is 2. The zero-order valence-corrected chi connectivity index (χ0v) is 15.7. The molecule has 0 radical (unpaired) electrons. The molecule has 0 saturated heterocycles. The third-order valence-corrected chi connectivity index (χ3v) is 4.84. The van der Waals surface area contributed by atoms with Crippen molar-refractivity contribution in [1.29, 1.82) is 5.41 Å². The molecule has 3 rings (SSSR count). The van der Waals surface area contributed by atoms with Gasteiger partial charge in [-0.05, 0) is 19.1 Å². The lowest BCUT2D eigenvalue weighted by Gasteiger charge is -2.13. The number of benzene rings is 1. The Labute approximate surface area is 155 Å². The quantitative estimate of drug-likeness (QED) is 0.533. The van der Waals surface area contributed by atoms with Gasteiger partial charge in [0.05, 0.1) is 11.4 Å². The van der Waals surface area contributed by atoms with Gasteiger partial charge >= 0.3 is 0 Å². The second-order valence-corrected chi connectivity index (χ2v) is 7.38. The number of carbonyl (C=O) groups excluding carboxylic acids is 1. The standard InChI is InChI=1S/C19H20N4O2S/c1-12-4-9-17(26-12)19(24)21-11-15-10-16(25-22-15)13-5-7-14(8-6-13)18(20)23(2)3/h4-10,20H,11H2,1-3H3,(H,21,24). The van der Waals surface area contributed by atoms with Gasteiger partial charge in [0, 0.05) is 36.2 Å². The molecule has 0 aliphatic carbocycles. The van der Waals surface area contributed by atoms with Crippen molar-refractivity contribution >= 4 is 23.1 Å². The number of hydrogen-bond acceptors (Lipinski definition) is 5. The summed E-state index contributed by atoms with van der Waals surface area (Å²) in [6.45, 7) is 2.28. The summed E-state index contributed by atoms with van der Waals surface area (Å²) in [5, 5.41) is 14.8. The van der Waals surface area contributed by atoms with Crippen molar-refractivity contribution in [3.05, 3.63) is 63.5 Å². The molecule has 6 nitrogen and oxygen atoms in total. The van der Waals surface area contributed by atoms with Gasteiger partial charge in [0.2, 0.25) is 0 Å².